The Kier molecular flexibility index (Phi) is 4.93. The van der Waals surface area contributed by atoms with Gasteiger partial charge in [0.15, 0.2) is 0 Å². The van der Waals surface area contributed by atoms with Gasteiger partial charge in [-0.15, -0.1) is 0 Å². The van der Waals surface area contributed by atoms with E-state index >= 15 is 0 Å². The van der Waals surface area contributed by atoms with Crippen LogP contribution >= 0.6 is 11.8 Å². The second-order valence-electron chi connectivity index (χ2n) is 4.40. The van der Waals surface area contributed by atoms with Gasteiger partial charge in [-0.1, -0.05) is 0 Å². The van der Waals surface area contributed by atoms with Gasteiger partial charge in [-0.05, 0) is 33.6 Å². The van der Waals surface area contributed by atoms with Crippen molar-refractivity contribution in [2.45, 2.75) is 32.4 Å². The minimum absolute atomic E-state index is 0.125. The Morgan fingerprint density at radius 3 is 2.73 bits per heavy atom. The van der Waals surface area contributed by atoms with Crippen LogP contribution in [0.25, 0.3) is 0 Å². The number of amides is 1. The van der Waals surface area contributed by atoms with Gasteiger partial charge < -0.3 is 4.90 Å². The number of hydrogen-bond donors (Lipinski definition) is 0. The van der Waals surface area contributed by atoms with Crippen molar-refractivity contribution in [1.82, 2.24) is 9.80 Å². The van der Waals surface area contributed by atoms with Crippen LogP contribution in [0.2, 0.25) is 0 Å². The summed E-state index contributed by atoms with van der Waals surface area (Å²) in [5.41, 5.74) is 0. The number of carbonyl (C=O) groups is 1. The zero-order valence-electron chi connectivity index (χ0n) is 10.2. The Balaban J connectivity index is 2.48. The molecule has 0 radical (unpaired) electrons. The molecule has 1 unspecified atom stereocenters. The van der Waals surface area contributed by atoms with Crippen LogP contribution in [0.15, 0.2) is 0 Å². The fraction of sp³-hybridized carbons (Fsp3) is 0.909. The van der Waals surface area contributed by atoms with Gasteiger partial charge in [0.2, 0.25) is 5.91 Å². The molecule has 0 spiro atoms. The summed E-state index contributed by atoms with van der Waals surface area (Å²) in [6.07, 6.45) is 3.09. The lowest BCUT2D eigenvalue weighted by Crippen LogP contribution is -2.42. The maximum absolute atomic E-state index is 12.0. The van der Waals surface area contributed by atoms with Gasteiger partial charge in [0, 0.05) is 24.9 Å². The maximum atomic E-state index is 12.0. The van der Waals surface area contributed by atoms with Crippen LogP contribution in [-0.4, -0.2) is 59.9 Å². The Hall–Kier alpha value is -0.220. The fourth-order valence-electron chi connectivity index (χ4n) is 2.00. The quantitative estimate of drug-likeness (QED) is 0.711. The second kappa shape index (κ2) is 5.75. The standard InChI is InChI=1S/C11H22N2OS/c1-9(2)13-6-5-10(11(13)14)12(3)7-8-15-4/h9-10H,5-8H2,1-4H3. The van der Waals surface area contributed by atoms with Gasteiger partial charge in [0.1, 0.15) is 0 Å². The van der Waals surface area contributed by atoms with Crippen LogP contribution in [0.5, 0.6) is 0 Å². The van der Waals surface area contributed by atoms with Crippen LogP contribution in [0.3, 0.4) is 0 Å². The second-order valence-corrected chi connectivity index (χ2v) is 5.39. The van der Waals surface area contributed by atoms with Crippen molar-refractivity contribution >= 4 is 17.7 Å². The van der Waals surface area contributed by atoms with Crippen molar-refractivity contribution in [3.8, 4) is 0 Å². The smallest absolute Gasteiger partial charge is 0.240 e. The Bertz CT molecular complexity index is 221. The first-order valence-corrected chi connectivity index (χ1v) is 6.97. The molecule has 1 amide bonds. The van der Waals surface area contributed by atoms with E-state index in [0.29, 0.717) is 11.9 Å². The lowest BCUT2D eigenvalue weighted by molar-refractivity contribution is -0.133. The summed E-state index contributed by atoms with van der Waals surface area (Å²) < 4.78 is 0. The molecule has 1 saturated heterocycles. The number of likely N-dealkylation sites (tertiary alicyclic amines) is 1. The molecule has 3 nitrogen and oxygen atoms in total. The molecule has 1 rings (SSSR count). The highest BCUT2D eigenvalue weighted by atomic mass is 32.2. The molecular formula is C11H22N2OS. The normalized spacial score (nSPS) is 22.1. The average molecular weight is 230 g/mol. The van der Waals surface area contributed by atoms with Gasteiger partial charge in [-0.25, -0.2) is 0 Å². The first-order chi connectivity index (χ1) is 7.07. The molecule has 4 heteroatoms. The number of nitrogens with zero attached hydrogens (tertiary/aromatic N) is 2. The predicted molar refractivity (Wildman–Crippen MR) is 66.3 cm³/mol. The van der Waals surface area contributed by atoms with Crippen molar-refractivity contribution in [2.75, 3.05) is 32.1 Å². The minimum Gasteiger partial charge on any atom is -0.339 e. The molecule has 0 aromatic rings. The van der Waals surface area contributed by atoms with Crippen molar-refractivity contribution < 1.29 is 4.79 Å². The zero-order valence-corrected chi connectivity index (χ0v) is 11.0. The minimum atomic E-state index is 0.125. The van der Waals surface area contributed by atoms with E-state index < -0.39 is 0 Å². The average Bonchev–Trinajstić information content (AvgIpc) is 2.56. The van der Waals surface area contributed by atoms with Crippen LogP contribution in [0.4, 0.5) is 0 Å². The van der Waals surface area contributed by atoms with Crippen LogP contribution in [0.1, 0.15) is 20.3 Å². The first-order valence-electron chi connectivity index (χ1n) is 5.57. The van der Waals surface area contributed by atoms with Crippen molar-refractivity contribution in [3.05, 3.63) is 0 Å². The van der Waals surface area contributed by atoms with Gasteiger partial charge in [0.05, 0.1) is 6.04 Å². The highest BCUT2D eigenvalue weighted by Gasteiger charge is 2.35. The maximum Gasteiger partial charge on any atom is 0.240 e. The Labute approximate surface area is 97.2 Å². The monoisotopic (exact) mass is 230 g/mol. The predicted octanol–water partition coefficient (Wildman–Crippen LogP) is 1.29. The van der Waals surface area contributed by atoms with E-state index in [4.69, 9.17) is 0 Å². The number of carbonyl (C=O) groups excluding carboxylic acids is 1. The number of rotatable bonds is 5. The molecule has 1 aliphatic rings. The number of hydrogen-bond acceptors (Lipinski definition) is 3. The van der Waals surface area contributed by atoms with Gasteiger partial charge in [-0.3, -0.25) is 9.69 Å². The highest BCUT2D eigenvalue weighted by molar-refractivity contribution is 7.98. The molecule has 88 valence electrons. The molecular weight excluding hydrogens is 208 g/mol. The molecule has 0 aromatic carbocycles. The summed E-state index contributed by atoms with van der Waals surface area (Å²) in [4.78, 5) is 16.2. The molecule has 1 heterocycles. The Morgan fingerprint density at radius 2 is 2.27 bits per heavy atom. The molecule has 15 heavy (non-hydrogen) atoms. The van der Waals surface area contributed by atoms with Gasteiger partial charge in [0.25, 0.3) is 0 Å². The van der Waals surface area contributed by atoms with Crippen molar-refractivity contribution in [1.29, 1.82) is 0 Å². The van der Waals surface area contributed by atoms with Crippen molar-refractivity contribution in [2.24, 2.45) is 0 Å². The third-order valence-corrected chi connectivity index (χ3v) is 3.61. The molecule has 0 N–H and O–H groups in total. The summed E-state index contributed by atoms with van der Waals surface area (Å²) >= 11 is 1.83. The molecule has 1 fully saturated rings. The fourth-order valence-corrected chi connectivity index (χ4v) is 2.47. The summed E-state index contributed by atoms with van der Waals surface area (Å²) in [5, 5.41) is 0. The van der Waals surface area contributed by atoms with Crippen molar-refractivity contribution in [3.63, 3.8) is 0 Å². The number of thioether (sulfide) groups is 1. The molecule has 1 aliphatic heterocycles. The van der Waals surface area contributed by atoms with Crippen LogP contribution < -0.4 is 0 Å². The summed E-state index contributed by atoms with van der Waals surface area (Å²) in [6, 6.07) is 0.469. The van der Waals surface area contributed by atoms with E-state index in [0.717, 1.165) is 25.3 Å². The van der Waals surface area contributed by atoms with E-state index in [9.17, 15) is 4.79 Å². The van der Waals surface area contributed by atoms with Crippen LogP contribution in [0, 0.1) is 0 Å². The van der Waals surface area contributed by atoms with E-state index in [-0.39, 0.29) is 6.04 Å². The Morgan fingerprint density at radius 1 is 1.60 bits per heavy atom. The first kappa shape index (κ1) is 12.8. The van der Waals surface area contributed by atoms with E-state index in [1.54, 1.807) is 0 Å². The molecule has 0 bridgehead atoms. The van der Waals surface area contributed by atoms with Gasteiger partial charge in [-0.2, -0.15) is 11.8 Å². The molecule has 0 aliphatic carbocycles. The summed E-state index contributed by atoms with van der Waals surface area (Å²) in [7, 11) is 2.06. The molecule has 0 aromatic heterocycles. The van der Waals surface area contributed by atoms with E-state index in [1.165, 1.54) is 0 Å². The highest BCUT2D eigenvalue weighted by Crippen LogP contribution is 2.18. The third-order valence-electron chi connectivity index (χ3n) is 3.02. The van der Waals surface area contributed by atoms with E-state index in [1.807, 2.05) is 16.7 Å². The van der Waals surface area contributed by atoms with E-state index in [2.05, 4.69) is 32.1 Å². The zero-order chi connectivity index (χ0) is 11.4. The molecule has 0 saturated carbocycles. The molecule has 1 atom stereocenters. The van der Waals surface area contributed by atoms with Crippen LogP contribution in [-0.2, 0) is 4.79 Å². The number of likely N-dealkylation sites (N-methyl/N-ethyl adjacent to an activating group) is 1. The van der Waals surface area contributed by atoms with Gasteiger partial charge >= 0.3 is 0 Å². The lowest BCUT2D eigenvalue weighted by atomic mass is 10.2. The topological polar surface area (TPSA) is 23.6 Å². The largest absolute Gasteiger partial charge is 0.339 e. The third kappa shape index (κ3) is 3.11. The summed E-state index contributed by atoms with van der Waals surface area (Å²) in [5.74, 6) is 1.41. The lowest BCUT2D eigenvalue weighted by Gasteiger charge is -2.25. The summed E-state index contributed by atoms with van der Waals surface area (Å²) in [6.45, 7) is 6.10. The SMILES string of the molecule is CSCCN(C)C1CCN(C(C)C)C1=O.